The van der Waals surface area contributed by atoms with Crippen molar-refractivity contribution in [2.75, 3.05) is 0 Å². The van der Waals surface area contributed by atoms with Crippen LogP contribution in [0.3, 0.4) is 0 Å². The minimum Gasteiger partial charge on any atom is -0.276 e. The van der Waals surface area contributed by atoms with E-state index in [9.17, 15) is 0 Å². The van der Waals surface area contributed by atoms with Gasteiger partial charge in [0.25, 0.3) is 0 Å². The van der Waals surface area contributed by atoms with Crippen LogP contribution in [0.15, 0.2) is 66.9 Å². The fraction of sp³-hybridized carbons (Fsp3) is 0. The maximum Gasteiger partial charge on any atom is 0.165 e. The molecule has 3 heterocycles. The molecule has 5 aromatic rings. The Labute approximate surface area is 142 Å². The molecule has 0 radical (unpaired) electrons. The van der Waals surface area contributed by atoms with Gasteiger partial charge in [0, 0.05) is 16.8 Å². The van der Waals surface area contributed by atoms with E-state index in [1.54, 1.807) is 6.20 Å². The molecule has 2 aromatic carbocycles. The monoisotopic (exact) mass is 330 g/mol. The molecule has 0 unspecified atom stereocenters. The second-order valence-electron chi connectivity index (χ2n) is 5.58. The summed E-state index contributed by atoms with van der Waals surface area (Å²) < 4.78 is 2.09. The largest absolute Gasteiger partial charge is 0.276 e. The summed E-state index contributed by atoms with van der Waals surface area (Å²) in [6, 6.07) is 19.6. The van der Waals surface area contributed by atoms with E-state index in [-0.39, 0.29) is 0 Å². The number of halogens is 1. The van der Waals surface area contributed by atoms with Gasteiger partial charge >= 0.3 is 0 Å². The quantitative estimate of drug-likeness (QED) is 0.445. The van der Waals surface area contributed by atoms with E-state index < -0.39 is 0 Å². The van der Waals surface area contributed by atoms with Gasteiger partial charge < -0.3 is 0 Å². The average molecular weight is 331 g/mol. The van der Waals surface area contributed by atoms with Crippen LogP contribution < -0.4 is 0 Å². The van der Waals surface area contributed by atoms with Gasteiger partial charge in [0.05, 0.1) is 16.4 Å². The number of aromatic nitrogens is 4. The number of pyridine rings is 1. The van der Waals surface area contributed by atoms with Gasteiger partial charge in [-0.2, -0.15) is 0 Å². The van der Waals surface area contributed by atoms with Crippen molar-refractivity contribution < 1.29 is 0 Å². The van der Waals surface area contributed by atoms with E-state index in [1.807, 2.05) is 54.6 Å². The third-order valence-corrected chi connectivity index (χ3v) is 4.37. The van der Waals surface area contributed by atoms with Crippen molar-refractivity contribution >= 4 is 39.3 Å². The van der Waals surface area contributed by atoms with E-state index in [2.05, 4.69) is 15.5 Å². The number of nitrogens with zero attached hydrogens (tertiary/aromatic N) is 4. The van der Waals surface area contributed by atoms with E-state index in [0.29, 0.717) is 10.7 Å². The van der Waals surface area contributed by atoms with Gasteiger partial charge in [0.2, 0.25) is 0 Å². The van der Waals surface area contributed by atoms with Crippen LogP contribution in [-0.2, 0) is 0 Å². The number of benzene rings is 2. The summed E-state index contributed by atoms with van der Waals surface area (Å²) in [6.07, 6.45) is 1.75. The van der Waals surface area contributed by atoms with Crippen molar-refractivity contribution in [3.63, 3.8) is 0 Å². The summed E-state index contributed by atoms with van der Waals surface area (Å²) in [5.74, 6) is 0.807. The van der Waals surface area contributed by atoms with Gasteiger partial charge in [0.15, 0.2) is 11.3 Å². The highest BCUT2D eigenvalue weighted by Gasteiger charge is 2.15. The van der Waals surface area contributed by atoms with Crippen molar-refractivity contribution in [1.29, 1.82) is 0 Å². The predicted octanol–water partition coefficient (Wildman–Crippen LogP) is 4.75. The molecule has 0 bridgehead atoms. The highest BCUT2D eigenvalue weighted by atomic mass is 35.5. The lowest BCUT2D eigenvalue weighted by molar-refractivity contribution is 1.14. The number of hydrogen-bond donors (Lipinski definition) is 0. The Morgan fingerprint density at radius 3 is 2.54 bits per heavy atom. The summed E-state index contributed by atoms with van der Waals surface area (Å²) >= 11 is 6.03. The molecule has 5 rings (SSSR count). The van der Waals surface area contributed by atoms with Crippen molar-refractivity contribution in [3.8, 4) is 11.4 Å². The zero-order valence-corrected chi connectivity index (χ0v) is 13.3. The molecule has 0 atom stereocenters. The molecule has 0 aliphatic carbocycles. The summed E-state index contributed by atoms with van der Waals surface area (Å²) in [5, 5.41) is 1.64. The van der Waals surface area contributed by atoms with Gasteiger partial charge in [-0.25, -0.2) is 15.0 Å². The third-order valence-electron chi connectivity index (χ3n) is 4.11. The first-order chi connectivity index (χ1) is 11.8. The van der Waals surface area contributed by atoms with Crippen LogP contribution in [0.1, 0.15) is 0 Å². The molecule has 5 heteroatoms. The first-order valence-electron chi connectivity index (χ1n) is 7.59. The van der Waals surface area contributed by atoms with Crippen molar-refractivity contribution in [2.45, 2.75) is 0 Å². The van der Waals surface area contributed by atoms with Crippen molar-refractivity contribution in [1.82, 2.24) is 19.4 Å². The molecule has 0 fully saturated rings. The molecule has 0 spiro atoms. The Morgan fingerprint density at radius 2 is 1.67 bits per heavy atom. The van der Waals surface area contributed by atoms with E-state index in [1.165, 1.54) is 0 Å². The summed E-state index contributed by atoms with van der Waals surface area (Å²) in [6.45, 7) is 0. The van der Waals surface area contributed by atoms with E-state index in [4.69, 9.17) is 21.6 Å². The maximum absolute atomic E-state index is 6.03. The second kappa shape index (κ2) is 5.01. The van der Waals surface area contributed by atoms with Gasteiger partial charge in [-0.1, -0.05) is 23.7 Å². The molecular weight excluding hydrogens is 320 g/mol. The van der Waals surface area contributed by atoms with Crippen LogP contribution in [0.2, 0.25) is 5.02 Å². The first-order valence-corrected chi connectivity index (χ1v) is 7.97. The lowest BCUT2D eigenvalue weighted by atomic mass is 10.2. The fourth-order valence-corrected chi connectivity index (χ4v) is 3.15. The zero-order chi connectivity index (χ0) is 16.1. The highest BCUT2D eigenvalue weighted by molar-refractivity contribution is 6.30. The first kappa shape index (κ1) is 13.5. The molecule has 0 N–H and O–H groups in total. The maximum atomic E-state index is 6.03. The summed E-state index contributed by atoms with van der Waals surface area (Å²) in [7, 11) is 0. The molecule has 0 aliphatic heterocycles. The zero-order valence-electron chi connectivity index (χ0n) is 12.5. The standard InChI is InChI=1S/C19H11ClN4/c20-13-9-7-12(8-10-13)18-23-17-14(4-3-11-21-17)19-22-15-5-1-2-6-16(15)24(18)19/h1-11H. The number of para-hydroxylation sites is 2. The highest BCUT2D eigenvalue weighted by Crippen LogP contribution is 2.29. The average Bonchev–Trinajstić information content (AvgIpc) is 3.02. The molecule has 0 amide bonds. The number of fused-ring (bicyclic) bond motifs is 5. The molecular formula is C19H11ClN4. The van der Waals surface area contributed by atoms with E-state index in [0.717, 1.165) is 33.5 Å². The number of rotatable bonds is 1. The van der Waals surface area contributed by atoms with Crippen molar-refractivity contribution in [3.05, 3.63) is 71.9 Å². The van der Waals surface area contributed by atoms with E-state index >= 15 is 0 Å². The molecule has 0 aliphatic rings. The molecule has 0 saturated heterocycles. The Hall–Kier alpha value is -2.98. The van der Waals surface area contributed by atoms with Crippen LogP contribution in [0.5, 0.6) is 0 Å². The van der Waals surface area contributed by atoms with Crippen LogP contribution >= 0.6 is 11.6 Å². The third kappa shape index (κ3) is 1.90. The normalized spacial score (nSPS) is 11.5. The SMILES string of the molecule is Clc1ccc(-c2nc3ncccc3c3nc4ccccc4n23)cc1. The predicted molar refractivity (Wildman–Crippen MR) is 96.2 cm³/mol. The van der Waals surface area contributed by atoms with Gasteiger partial charge in [-0.3, -0.25) is 4.40 Å². The lowest BCUT2D eigenvalue weighted by Crippen LogP contribution is -1.98. The lowest BCUT2D eigenvalue weighted by Gasteiger charge is -2.08. The number of hydrogen-bond acceptors (Lipinski definition) is 3. The topological polar surface area (TPSA) is 43.1 Å². The van der Waals surface area contributed by atoms with Gasteiger partial charge in [-0.15, -0.1) is 0 Å². The van der Waals surface area contributed by atoms with Crippen LogP contribution in [0.4, 0.5) is 0 Å². The number of imidazole rings is 1. The molecule has 4 nitrogen and oxygen atoms in total. The van der Waals surface area contributed by atoms with Crippen molar-refractivity contribution in [2.24, 2.45) is 0 Å². The Kier molecular flexibility index (Phi) is 2.81. The Morgan fingerprint density at radius 1 is 0.833 bits per heavy atom. The van der Waals surface area contributed by atoms with Crippen LogP contribution in [-0.4, -0.2) is 19.4 Å². The molecule has 24 heavy (non-hydrogen) atoms. The minimum absolute atomic E-state index is 0.685. The molecule has 114 valence electrons. The smallest absolute Gasteiger partial charge is 0.165 e. The van der Waals surface area contributed by atoms with Gasteiger partial charge in [-0.05, 0) is 48.5 Å². The van der Waals surface area contributed by atoms with Crippen LogP contribution in [0.25, 0.3) is 39.1 Å². The summed E-state index contributed by atoms with van der Waals surface area (Å²) in [5.41, 5.74) is 4.48. The van der Waals surface area contributed by atoms with Crippen LogP contribution in [0, 0.1) is 0 Å². The fourth-order valence-electron chi connectivity index (χ4n) is 3.02. The second-order valence-corrected chi connectivity index (χ2v) is 6.01. The molecule has 0 saturated carbocycles. The molecule has 3 aromatic heterocycles. The van der Waals surface area contributed by atoms with Gasteiger partial charge in [0.1, 0.15) is 5.82 Å². The Balaban J connectivity index is 2.01. The minimum atomic E-state index is 0.685. The Bertz CT molecular complexity index is 1210. The summed E-state index contributed by atoms with van der Waals surface area (Å²) in [4.78, 5) is 14.0.